The van der Waals surface area contributed by atoms with Crippen LogP contribution < -0.4 is 10.6 Å². The summed E-state index contributed by atoms with van der Waals surface area (Å²) in [6.45, 7) is 11.3. The molecule has 0 unspecified atom stereocenters. The van der Waals surface area contributed by atoms with Crippen LogP contribution in [0.4, 0.5) is 0 Å². The molecule has 1 aromatic carbocycles. The second-order valence-corrected chi connectivity index (χ2v) is 8.56. The molecule has 1 saturated heterocycles. The van der Waals surface area contributed by atoms with Crippen molar-refractivity contribution in [2.75, 3.05) is 39.4 Å². The molecule has 0 radical (unpaired) electrons. The van der Waals surface area contributed by atoms with Crippen LogP contribution in [0.15, 0.2) is 34.6 Å². The zero-order valence-corrected chi connectivity index (χ0v) is 21.9. The lowest BCUT2D eigenvalue weighted by Gasteiger charge is -2.27. The molecular weight excluding hydrogens is 521 g/mol. The van der Waals surface area contributed by atoms with Gasteiger partial charge < -0.3 is 15.4 Å². The number of guanidine groups is 1. The van der Waals surface area contributed by atoms with E-state index in [0.29, 0.717) is 6.54 Å². The number of unbranched alkanes of at least 4 members (excludes halogenated alkanes) is 1. The SMILES string of the molecule is CCNC(=NCc1ccccc1CN1CCOCC1)NCCCCc1nc(C)cs1.I. The molecular formula is C23H36IN5OS. The monoisotopic (exact) mass is 557 g/mol. The minimum absolute atomic E-state index is 0. The van der Waals surface area contributed by atoms with Gasteiger partial charge >= 0.3 is 0 Å². The highest BCUT2D eigenvalue weighted by molar-refractivity contribution is 14.0. The Hall–Kier alpha value is -1.23. The van der Waals surface area contributed by atoms with E-state index in [4.69, 9.17) is 9.73 Å². The molecule has 172 valence electrons. The second kappa shape index (κ2) is 14.8. The quantitative estimate of drug-likeness (QED) is 0.200. The number of hydrogen-bond acceptors (Lipinski definition) is 5. The molecule has 0 aliphatic carbocycles. The molecule has 31 heavy (non-hydrogen) atoms. The minimum atomic E-state index is 0. The Morgan fingerprint density at radius 3 is 2.65 bits per heavy atom. The average Bonchev–Trinajstić information content (AvgIpc) is 3.18. The number of aliphatic imine (C=N–C) groups is 1. The van der Waals surface area contributed by atoms with Gasteiger partial charge in [0.2, 0.25) is 0 Å². The number of rotatable bonds is 10. The van der Waals surface area contributed by atoms with Crippen LogP contribution in [-0.2, 0) is 24.2 Å². The molecule has 1 fully saturated rings. The molecule has 3 rings (SSSR count). The molecule has 8 heteroatoms. The number of nitrogens with zero attached hydrogens (tertiary/aromatic N) is 3. The number of hydrogen-bond donors (Lipinski definition) is 2. The third-order valence-corrected chi connectivity index (χ3v) is 6.17. The fraction of sp³-hybridized carbons (Fsp3) is 0.565. The summed E-state index contributed by atoms with van der Waals surface area (Å²) < 4.78 is 5.47. The number of halogens is 1. The Kier molecular flexibility index (Phi) is 12.4. The number of nitrogens with one attached hydrogen (secondary N) is 2. The van der Waals surface area contributed by atoms with Gasteiger partial charge in [-0.1, -0.05) is 24.3 Å². The van der Waals surface area contributed by atoms with E-state index in [2.05, 4.69) is 64.0 Å². The number of benzene rings is 1. The van der Waals surface area contributed by atoms with E-state index in [-0.39, 0.29) is 24.0 Å². The molecule has 0 saturated carbocycles. The molecule has 6 nitrogen and oxygen atoms in total. The molecule has 0 bridgehead atoms. The first kappa shape index (κ1) is 26.0. The summed E-state index contributed by atoms with van der Waals surface area (Å²) in [5.41, 5.74) is 3.78. The van der Waals surface area contributed by atoms with E-state index < -0.39 is 0 Å². The van der Waals surface area contributed by atoms with Gasteiger partial charge in [0.15, 0.2) is 5.96 Å². The Labute approximate surface area is 207 Å². The molecule has 1 aliphatic rings. The van der Waals surface area contributed by atoms with Crippen LogP contribution >= 0.6 is 35.3 Å². The first-order chi connectivity index (χ1) is 14.7. The summed E-state index contributed by atoms with van der Waals surface area (Å²) >= 11 is 1.76. The van der Waals surface area contributed by atoms with E-state index in [0.717, 1.165) is 76.9 Å². The van der Waals surface area contributed by atoms with E-state index in [1.165, 1.54) is 16.1 Å². The standard InChI is InChI=1S/C23H35N5OS.HI/c1-3-24-23(25-11-7-6-10-22-27-19(2)18-30-22)26-16-20-8-4-5-9-21(20)17-28-12-14-29-15-13-28;/h4-5,8-9,18H,3,6-7,10-17H2,1-2H3,(H2,24,25,26);1H. The van der Waals surface area contributed by atoms with Gasteiger partial charge in [0.05, 0.1) is 24.8 Å². The molecule has 0 atom stereocenters. The van der Waals surface area contributed by atoms with Gasteiger partial charge in [0, 0.05) is 43.8 Å². The number of morpholine rings is 1. The highest BCUT2D eigenvalue weighted by atomic mass is 127. The fourth-order valence-electron chi connectivity index (χ4n) is 3.50. The van der Waals surface area contributed by atoms with E-state index in [9.17, 15) is 0 Å². The summed E-state index contributed by atoms with van der Waals surface area (Å²) in [4.78, 5) is 11.8. The normalized spacial score (nSPS) is 14.8. The molecule has 0 amide bonds. The van der Waals surface area contributed by atoms with Crippen LogP contribution in [0.25, 0.3) is 0 Å². The van der Waals surface area contributed by atoms with Crippen LogP contribution in [0.5, 0.6) is 0 Å². The fourth-order valence-corrected chi connectivity index (χ4v) is 4.32. The largest absolute Gasteiger partial charge is 0.379 e. The van der Waals surface area contributed by atoms with Gasteiger partial charge in [0.25, 0.3) is 0 Å². The lowest BCUT2D eigenvalue weighted by atomic mass is 10.1. The minimum Gasteiger partial charge on any atom is -0.379 e. The predicted molar refractivity (Wildman–Crippen MR) is 141 cm³/mol. The zero-order valence-electron chi connectivity index (χ0n) is 18.7. The Bertz CT molecular complexity index is 792. The van der Waals surface area contributed by atoms with Crippen LogP contribution in [-0.4, -0.2) is 55.2 Å². The van der Waals surface area contributed by atoms with Crippen molar-refractivity contribution in [3.63, 3.8) is 0 Å². The van der Waals surface area contributed by atoms with Crippen molar-refractivity contribution in [2.24, 2.45) is 4.99 Å². The van der Waals surface area contributed by atoms with Crippen LogP contribution in [0.3, 0.4) is 0 Å². The number of aromatic nitrogens is 1. The van der Waals surface area contributed by atoms with Crippen molar-refractivity contribution >= 4 is 41.3 Å². The van der Waals surface area contributed by atoms with Crippen LogP contribution in [0.1, 0.15) is 41.6 Å². The van der Waals surface area contributed by atoms with Crippen molar-refractivity contribution in [1.82, 2.24) is 20.5 Å². The average molecular weight is 558 g/mol. The van der Waals surface area contributed by atoms with Crippen molar-refractivity contribution < 1.29 is 4.74 Å². The highest BCUT2D eigenvalue weighted by Crippen LogP contribution is 2.14. The highest BCUT2D eigenvalue weighted by Gasteiger charge is 2.12. The van der Waals surface area contributed by atoms with Gasteiger partial charge in [-0.3, -0.25) is 4.90 Å². The Morgan fingerprint density at radius 2 is 1.94 bits per heavy atom. The van der Waals surface area contributed by atoms with Crippen LogP contribution in [0.2, 0.25) is 0 Å². The summed E-state index contributed by atoms with van der Waals surface area (Å²) in [6.07, 6.45) is 3.31. The molecule has 0 spiro atoms. The smallest absolute Gasteiger partial charge is 0.191 e. The molecule has 2 N–H and O–H groups in total. The van der Waals surface area contributed by atoms with Crippen molar-refractivity contribution in [1.29, 1.82) is 0 Å². The maximum atomic E-state index is 5.47. The maximum Gasteiger partial charge on any atom is 0.191 e. The van der Waals surface area contributed by atoms with Gasteiger partial charge in [-0.15, -0.1) is 35.3 Å². The molecule has 2 aromatic rings. The number of aryl methyl sites for hydroxylation is 2. The zero-order chi connectivity index (χ0) is 21.0. The maximum absolute atomic E-state index is 5.47. The van der Waals surface area contributed by atoms with Gasteiger partial charge in [-0.25, -0.2) is 9.98 Å². The predicted octanol–water partition coefficient (Wildman–Crippen LogP) is 3.98. The molecule has 1 aromatic heterocycles. The Balaban J connectivity index is 0.00000341. The first-order valence-corrected chi connectivity index (χ1v) is 11.9. The van der Waals surface area contributed by atoms with Gasteiger partial charge in [-0.05, 0) is 44.2 Å². The topological polar surface area (TPSA) is 61.8 Å². The molecule has 1 aliphatic heterocycles. The summed E-state index contributed by atoms with van der Waals surface area (Å²) in [6, 6.07) is 8.64. The van der Waals surface area contributed by atoms with Gasteiger partial charge in [-0.2, -0.15) is 0 Å². The van der Waals surface area contributed by atoms with E-state index in [1.54, 1.807) is 11.3 Å². The van der Waals surface area contributed by atoms with Crippen molar-refractivity contribution in [2.45, 2.75) is 46.2 Å². The van der Waals surface area contributed by atoms with Crippen molar-refractivity contribution in [3.8, 4) is 0 Å². The van der Waals surface area contributed by atoms with Gasteiger partial charge in [0.1, 0.15) is 0 Å². The number of ether oxygens (including phenoxy) is 1. The van der Waals surface area contributed by atoms with Crippen LogP contribution in [0, 0.1) is 6.92 Å². The third-order valence-electron chi connectivity index (χ3n) is 5.14. The molecule has 2 heterocycles. The lowest BCUT2D eigenvalue weighted by Crippen LogP contribution is -2.38. The van der Waals surface area contributed by atoms with E-state index in [1.807, 2.05) is 0 Å². The third kappa shape index (κ3) is 9.43. The van der Waals surface area contributed by atoms with E-state index >= 15 is 0 Å². The lowest BCUT2D eigenvalue weighted by molar-refractivity contribution is 0.0341. The second-order valence-electron chi connectivity index (χ2n) is 7.62. The Morgan fingerprint density at radius 1 is 1.16 bits per heavy atom. The summed E-state index contributed by atoms with van der Waals surface area (Å²) in [5, 5.41) is 10.2. The summed E-state index contributed by atoms with van der Waals surface area (Å²) in [5.74, 6) is 0.892. The summed E-state index contributed by atoms with van der Waals surface area (Å²) in [7, 11) is 0. The van der Waals surface area contributed by atoms with Crippen molar-refractivity contribution in [3.05, 3.63) is 51.5 Å². The first-order valence-electron chi connectivity index (χ1n) is 11.0. The number of thiazole rings is 1.